The van der Waals surface area contributed by atoms with Gasteiger partial charge in [0.25, 0.3) is 0 Å². The third-order valence-corrected chi connectivity index (χ3v) is 3.81. The van der Waals surface area contributed by atoms with E-state index in [0.717, 1.165) is 26.2 Å². The molecule has 20 heavy (non-hydrogen) atoms. The van der Waals surface area contributed by atoms with Crippen LogP contribution in [0, 0.1) is 0 Å². The van der Waals surface area contributed by atoms with E-state index in [4.69, 9.17) is 4.74 Å². The number of hydrogen-bond donors (Lipinski definition) is 1. The molecule has 104 valence electrons. The summed E-state index contributed by atoms with van der Waals surface area (Å²) in [6, 6.07) is 17.7. The van der Waals surface area contributed by atoms with Crippen molar-refractivity contribution >= 4 is 0 Å². The Kier molecular flexibility index (Phi) is 4.14. The van der Waals surface area contributed by atoms with Gasteiger partial charge in [0.1, 0.15) is 0 Å². The number of nitrogens with one attached hydrogen (secondary N) is 1. The van der Waals surface area contributed by atoms with Gasteiger partial charge in [0.2, 0.25) is 0 Å². The van der Waals surface area contributed by atoms with Gasteiger partial charge in [-0.05, 0) is 35.2 Å². The molecule has 1 atom stereocenters. The minimum Gasteiger partial charge on any atom is -0.372 e. The van der Waals surface area contributed by atoms with Gasteiger partial charge in [0.05, 0.1) is 19.3 Å². The lowest BCUT2D eigenvalue weighted by Crippen LogP contribution is -2.23. The summed E-state index contributed by atoms with van der Waals surface area (Å²) >= 11 is 0. The van der Waals surface area contributed by atoms with Crippen LogP contribution in [0.5, 0.6) is 0 Å². The summed E-state index contributed by atoms with van der Waals surface area (Å²) in [5, 5.41) is 3.65. The van der Waals surface area contributed by atoms with Crippen LogP contribution in [0.1, 0.15) is 41.6 Å². The van der Waals surface area contributed by atoms with Crippen molar-refractivity contribution < 1.29 is 4.74 Å². The van der Waals surface area contributed by atoms with Gasteiger partial charge in [-0.15, -0.1) is 0 Å². The number of ether oxygens (including phenoxy) is 1. The summed E-state index contributed by atoms with van der Waals surface area (Å²) in [4.78, 5) is 0. The largest absolute Gasteiger partial charge is 0.372 e. The van der Waals surface area contributed by atoms with E-state index >= 15 is 0 Å². The first-order valence-electron chi connectivity index (χ1n) is 7.36. The van der Waals surface area contributed by atoms with Crippen LogP contribution >= 0.6 is 0 Å². The molecule has 0 amide bonds. The van der Waals surface area contributed by atoms with Gasteiger partial charge in [-0.2, -0.15) is 0 Å². The van der Waals surface area contributed by atoms with Crippen molar-refractivity contribution in [2.75, 3.05) is 6.54 Å². The molecule has 1 N–H and O–H groups in total. The highest BCUT2D eigenvalue weighted by Gasteiger charge is 2.17. The second kappa shape index (κ2) is 6.21. The molecule has 0 spiro atoms. The van der Waals surface area contributed by atoms with Crippen molar-refractivity contribution in [1.82, 2.24) is 5.32 Å². The second-order valence-corrected chi connectivity index (χ2v) is 5.32. The molecule has 3 rings (SSSR count). The average molecular weight is 267 g/mol. The number of rotatable bonds is 5. The molecule has 2 aromatic rings. The first-order chi connectivity index (χ1) is 9.88. The number of hydrogen-bond acceptors (Lipinski definition) is 2. The third-order valence-electron chi connectivity index (χ3n) is 3.81. The molecule has 0 saturated heterocycles. The van der Waals surface area contributed by atoms with Crippen molar-refractivity contribution in [3.8, 4) is 0 Å². The lowest BCUT2D eigenvalue weighted by molar-refractivity contribution is 0.134. The van der Waals surface area contributed by atoms with Crippen LogP contribution in [0.25, 0.3) is 0 Å². The van der Waals surface area contributed by atoms with Crippen LogP contribution in [-0.4, -0.2) is 6.54 Å². The quantitative estimate of drug-likeness (QED) is 0.889. The molecule has 1 heterocycles. The Balaban J connectivity index is 1.92. The highest BCUT2D eigenvalue weighted by Crippen LogP contribution is 2.27. The summed E-state index contributed by atoms with van der Waals surface area (Å²) in [5.41, 5.74) is 5.31. The van der Waals surface area contributed by atoms with E-state index in [1.807, 2.05) is 0 Å². The van der Waals surface area contributed by atoms with Crippen molar-refractivity contribution in [2.24, 2.45) is 0 Å². The highest BCUT2D eigenvalue weighted by molar-refractivity contribution is 5.38. The van der Waals surface area contributed by atoms with Crippen LogP contribution in [0.4, 0.5) is 0 Å². The Morgan fingerprint density at radius 2 is 1.80 bits per heavy atom. The summed E-state index contributed by atoms with van der Waals surface area (Å²) in [5.74, 6) is 0. The van der Waals surface area contributed by atoms with Gasteiger partial charge < -0.3 is 10.1 Å². The maximum Gasteiger partial charge on any atom is 0.0725 e. The summed E-state index contributed by atoms with van der Waals surface area (Å²) in [7, 11) is 0. The molecule has 0 bridgehead atoms. The Labute approximate surface area is 120 Å². The topological polar surface area (TPSA) is 21.3 Å². The summed E-state index contributed by atoms with van der Waals surface area (Å²) in [6.45, 7) is 4.73. The molecule has 1 aliphatic rings. The Bertz CT molecular complexity index is 565. The third kappa shape index (κ3) is 2.77. The minimum atomic E-state index is 0.266. The minimum absolute atomic E-state index is 0.266. The number of benzene rings is 2. The lowest BCUT2D eigenvalue weighted by atomic mass is 9.95. The maximum atomic E-state index is 5.52. The lowest BCUT2D eigenvalue weighted by Gasteiger charge is -2.20. The first kappa shape index (κ1) is 13.3. The standard InChI is InChI=1S/C18H21NO/c1-2-10-19-18(14-6-4-3-5-7-14)15-8-9-16-12-20-13-17(16)11-15/h3-9,11,18-19H,2,10,12-13H2,1H3. The van der Waals surface area contributed by atoms with E-state index in [0.29, 0.717) is 0 Å². The van der Waals surface area contributed by atoms with E-state index < -0.39 is 0 Å². The Morgan fingerprint density at radius 3 is 2.60 bits per heavy atom. The predicted octanol–water partition coefficient (Wildman–Crippen LogP) is 3.81. The molecular weight excluding hydrogens is 246 g/mol. The molecular formula is C18H21NO. The van der Waals surface area contributed by atoms with Crippen molar-refractivity contribution in [3.63, 3.8) is 0 Å². The van der Waals surface area contributed by atoms with E-state index in [2.05, 4.69) is 60.8 Å². The van der Waals surface area contributed by atoms with Crippen LogP contribution < -0.4 is 5.32 Å². The summed E-state index contributed by atoms with van der Waals surface area (Å²) < 4.78 is 5.52. The van der Waals surface area contributed by atoms with Gasteiger partial charge in [-0.1, -0.05) is 55.5 Å². The molecule has 0 radical (unpaired) electrons. The fraction of sp³-hybridized carbons (Fsp3) is 0.333. The zero-order valence-electron chi connectivity index (χ0n) is 11.9. The fourth-order valence-electron chi connectivity index (χ4n) is 2.73. The Morgan fingerprint density at radius 1 is 1.00 bits per heavy atom. The van der Waals surface area contributed by atoms with Gasteiger partial charge in [0, 0.05) is 0 Å². The average Bonchev–Trinajstić information content (AvgIpc) is 2.96. The van der Waals surface area contributed by atoms with Crippen LogP contribution in [0.2, 0.25) is 0 Å². The van der Waals surface area contributed by atoms with Crippen LogP contribution in [0.3, 0.4) is 0 Å². The summed E-state index contributed by atoms with van der Waals surface area (Å²) in [6.07, 6.45) is 1.14. The van der Waals surface area contributed by atoms with Crippen LogP contribution in [-0.2, 0) is 18.0 Å². The predicted molar refractivity (Wildman–Crippen MR) is 81.5 cm³/mol. The van der Waals surface area contributed by atoms with Gasteiger partial charge >= 0.3 is 0 Å². The zero-order valence-corrected chi connectivity index (χ0v) is 11.9. The first-order valence-corrected chi connectivity index (χ1v) is 7.36. The normalized spacial score (nSPS) is 15.1. The van der Waals surface area contributed by atoms with Crippen molar-refractivity contribution in [3.05, 3.63) is 70.8 Å². The van der Waals surface area contributed by atoms with Crippen molar-refractivity contribution in [2.45, 2.75) is 32.6 Å². The van der Waals surface area contributed by atoms with Crippen molar-refractivity contribution in [1.29, 1.82) is 0 Å². The molecule has 0 saturated carbocycles. The van der Waals surface area contributed by atoms with E-state index in [-0.39, 0.29) is 6.04 Å². The molecule has 2 heteroatoms. The van der Waals surface area contributed by atoms with Gasteiger partial charge in [-0.25, -0.2) is 0 Å². The smallest absolute Gasteiger partial charge is 0.0725 e. The van der Waals surface area contributed by atoms with Gasteiger partial charge in [-0.3, -0.25) is 0 Å². The molecule has 2 aromatic carbocycles. The number of fused-ring (bicyclic) bond motifs is 1. The Hall–Kier alpha value is -1.64. The van der Waals surface area contributed by atoms with Gasteiger partial charge in [0.15, 0.2) is 0 Å². The molecule has 0 aliphatic carbocycles. The monoisotopic (exact) mass is 267 g/mol. The highest BCUT2D eigenvalue weighted by atomic mass is 16.5. The van der Waals surface area contributed by atoms with Crippen LogP contribution in [0.15, 0.2) is 48.5 Å². The maximum absolute atomic E-state index is 5.52. The van der Waals surface area contributed by atoms with E-state index in [1.54, 1.807) is 0 Å². The molecule has 2 nitrogen and oxygen atoms in total. The SMILES string of the molecule is CCCNC(c1ccccc1)c1ccc2c(c1)COC2. The van der Waals surface area contributed by atoms with E-state index in [1.165, 1.54) is 22.3 Å². The molecule has 0 fully saturated rings. The molecule has 1 unspecified atom stereocenters. The fourth-order valence-corrected chi connectivity index (χ4v) is 2.73. The zero-order chi connectivity index (χ0) is 13.8. The second-order valence-electron chi connectivity index (χ2n) is 5.32. The van der Waals surface area contributed by atoms with E-state index in [9.17, 15) is 0 Å². The molecule has 0 aromatic heterocycles. The molecule has 1 aliphatic heterocycles.